The van der Waals surface area contributed by atoms with Crippen LogP contribution < -0.4 is 5.32 Å². The lowest BCUT2D eigenvalue weighted by molar-refractivity contribution is -0.385. The summed E-state index contributed by atoms with van der Waals surface area (Å²) in [4.78, 5) is 34.6. The Morgan fingerprint density at radius 2 is 2.19 bits per heavy atom. The Hall–Kier alpha value is -2.64. The Bertz CT molecular complexity index is 601. The number of carboxylic acids is 1. The predicted octanol–water partition coefficient (Wildman–Crippen LogP) is 1.84. The summed E-state index contributed by atoms with van der Waals surface area (Å²) in [6.45, 7) is 2.12. The zero-order valence-corrected chi connectivity index (χ0v) is 11.4. The van der Waals surface area contributed by atoms with Gasteiger partial charge in [-0.3, -0.25) is 14.9 Å². The normalized spacial score (nSPS) is 17.6. The van der Waals surface area contributed by atoms with Crippen LogP contribution in [0.5, 0.6) is 0 Å². The molecular weight excluding hydrogens is 278 g/mol. The maximum atomic E-state index is 12.0. The number of nitro benzene ring substituents is 1. The SMILES string of the molecule is Cc1ccc(NC(=O)N2CCC(C(=O)O)C2)cc1[N+](=O)[O-]. The van der Waals surface area contributed by atoms with Gasteiger partial charge in [0, 0.05) is 30.4 Å². The number of aryl methyl sites for hydroxylation is 1. The molecule has 8 nitrogen and oxygen atoms in total. The van der Waals surface area contributed by atoms with E-state index in [1.807, 2.05) is 0 Å². The van der Waals surface area contributed by atoms with E-state index in [1.165, 1.54) is 11.0 Å². The molecular formula is C13H15N3O5. The Morgan fingerprint density at radius 3 is 2.76 bits per heavy atom. The van der Waals surface area contributed by atoms with Crippen molar-refractivity contribution in [1.82, 2.24) is 4.90 Å². The number of carbonyl (C=O) groups is 2. The number of amides is 2. The lowest BCUT2D eigenvalue weighted by Gasteiger charge is -2.16. The number of nitrogens with one attached hydrogen (secondary N) is 1. The summed E-state index contributed by atoms with van der Waals surface area (Å²) < 4.78 is 0. The van der Waals surface area contributed by atoms with E-state index < -0.39 is 22.8 Å². The molecule has 21 heavy (non-hydrogen) atoms. The topological polar surface area (TPSA) is 113 Å². The fourth-order valence-corrected chi connectivity index (χ4v) is 2.23. The number of carboxylic acid groups (broad SMARTS) is 1. The largest absolute Gasteiger partial charge is 0.481 e. The van der Waals surface area contributed by atoms with Crippen LogP contribution in [0.1, 0.15) is 12.0 Å². The standard InChI is InChI=1S/C13H15N3O5/c1-8-2-3-10(6-11(8)16(20)21)14-13(19)15-5-4-9(7-15)12(17)18/h2-3,6,9H,4-5,7H2,1H3,(H,14,19)(H,17,18). The van der Waals surface area contributed by atoms with Crippen molar-refractivity contribution >= 4 is 23.4 Å². The second-order valence-corrected chi connectivity index (χ2v) is 4.96. The van der Waals surface area contributed by atoms with Gasteiger partial charge in [0.1, 0.15) is 0 Å². The highest BCUT2D eigenvalue weighted by atomic mass is 16.6. The Kier molecular flexibility index (Phi) is 4.06. The van der Waals surface area contributed by atoms with Gasteiger partial charge >= 0.3 is 12.0 Å². The van der Waals surface area contributed by atoms with Crippen molar-refractivity contribution in [3.05, 3.63) is 33.9 Å². The third-order valence-corrected chi connectivity index (χ3v) is 3.48. The number of urea groups is 1. The number of nitrogens with zero attached hydrogens (tertiary/aromatic N) is 2. The number of anilines is 1. The first-order valence-corrected chi connectivity index (χ1v) is 6.42. The molecule has 1 fully saturated rings. The fraction of sp³-hybridized carbons (Fsp3) is 0.385. The quantitative estimate of drug-likeness (QED) is 0.652. The van der Waals surface area contributed by atoms with Gasteiger partial charge in [-0.05, 0) is 19.4 Å². The molecule has 2 amide bonds. The molecule has 1 aromatic carbocycles. The van der Waals surface area contributed by atoms with Gasteiger partial charge in [0.2, 0.25) is 0 Å². The number of hydrogen-bond acceptors (Lipinski definition) is 4. The molecule has 0 spiro atoms. The number of hydrogen-bond donors (Lipinski definition) is 2. The van der Waals surface area contributed by atoms with Crippen molar-refractivity contribution in [3.63, 3.8) is 0 Å². The van der Waals surface area contributed by atoms with Crippen LogP contribution in [0.2, 0.25) is 0 Å². The molecule has 0 aromatic heterocycles. The van der Waals surface area contributed by atoms with E-state index in [1.54, 1.807) is 19.1 Å². The molecule has 1 aliphatic heterocycles. The summed E-state index contributed by atoms with van der Waals surface area (Å²) >= 11 is 0. The zero-order valence-electron chi connectivity index (χ0n) is 11.4. The van der Waals surface area contributed by atoms with Crippen molar-refractivity contribution in [2.45, 2.75) is 13.3 Å². The van der Waals surface area contributed by atoms with Crippen LogP contribution in [0.15, 0.2) is 18.2 Å². The van der Waals surface area contributed by atoms with E-state index >= 15 is 0 Å². The van der Waals surface area contributed by atoms with Gasteiger partial charge in [0.25, 0.3) is 5.69 Å². The van der Waals surface area contributed by atoms with Gasteiger partial charge in [-0.15, -0.1) is 0 Å². The third-order valence-electron chi connectivity index (χ3n) is 3.48. The van der Waals surface area contributed by atoms with Crippen LogP contribution in [0.4, 0.5) is 16.2 Å². The molecule has 1 heterocycles. The van der Waals surface area contributed by atoms with Crippen LogP contribution in [0.3, 0.4) is 0 Å². The van der Waals surface area contributed by atoms with E-state index in [4.69, 9.17) is 5.11 Å². The monoisotopic (exact) mass is 293 g/mol. The lowest BCUT2D eigenvalue weighted by Crippen LogP contribution is -2.33. The second-order valence-electron chi connectivity index (χ2n) is 4.96. The smallest absolute Gasteiger partial charge is 0.321 e. The highest BCUT2D eigenvalue weighted by molar-refractivity contribution is 5.90. The van der Waals surface area contributed by atoms with Crippen molar-refractivity contribution in [3.8, 4) is 0 Å². The van der Waals surface area contributed by atoms with Crippen molar-refractivity contribution < 1.29 is 19.6 Å². The summed E-state index contributed by atoms with van der Waals surface area (Å²) in [7, 11) is 0. The van der Waals surface area contributed by atoms with Gasteiger partial charge < -0.3 is 15.3 Å². The number of nitro groups is 1. The van der Waals surface area contributed by atoms with E-state index in [9.17, 15) is 19.7 Å². The molecule has 1 atom stereocenters. The van der Waals surface area contributed by atoms with Crippen molar-refractivity contribution in [2.24, 2.45) is 5.92 Å². The van der Waals surface area contributed by atoms with Gasteiger partial charge in [-0.2, -0.15) is 0 Å². The molecule has 8 heteroatoms. The third kappa shape index (κ3) is 3.28. The Morgan fingerprint density at radius 1 is 1.48 bits per heavy atom. The summed E-state index contributed by atoms with van der Waals surface area (Å²) in [6, 6.07) is 3.97. The van der Waals surface area contributed by atoms with Crippen LogP contribution >= 0.6 is 0 Å². The number of benzene rings is 1. The molecule has 112 valence electrons. The minimum Gasteiger partial charge on any atom is -0.481 e. The van der Waals surface area contributed by atoms with Crippen molar-refractivity contribution in [2.75, 3.05) is 18.4 Å². The summed E-state index contributed by atoms with van der Waals surface area (Å²) in [5.41, 5.74) is 0.749. The van der Waals surface area contributed by atoms with Crippen LogP contribution in [-0.2, 0) is 4.79 Å². The highest BCUT2D eigenvalue weighted by Crippen LogP contribution is 2.23. The maximum Gasteiger partial charge on any atom is 0.321 e. The van der Waals surface area contributed by atoms with E-state index in [2.05, 4.69) is 5.32 Å². The molecule has 1 aliphatic rings. The predicted molar refractivity (Wildman–Crippen MR) is 74.2 cm³/mol. The lowest BCUT2D eigenvalue weighted by atomic mass is 10.1. The van der Waals surface area contributed by atoms with Gasteiger partial charge in [-0.1, -0.05) is 6.07 Å². The van der Waals surface area contributed by atoms with Gasteiger partial charge in [-0.25, -0.2) is 4.79 Å². The van der Waals surface area contributed by atoms with Gasteiger partial charge in [0.15, 0.2) is 0 Å². The average Bonchev–Trinajstić information content (AvgIpc) is 2.90. The first-order valence-electron chi connectivity index (χ1n) is 6.42. The first-order chi connectivity index (χ1) is 9.88. The minimum absolute atomic E-state index is 0.0716. The maximum absolute atomic E-state index is 12.0. The molecule has 1 saturated heterocycles. The Labute approximate surface area is 120 Å². The summed E-state index contributed by atoms with van der Waals surface area (Å²) in [5.74, 6) is -1.47. The average molecular weight is 293 g/mol. The molecule has 0 aliphatic carbocycles. The molecule has 0 bridgehead atoms. The Balaban J connectivity index is 2.05. The minimum atomic E-state index is -0.920. The summed E-state index contributed by atoms with van der Waals surface area (Å²) in [6.07, 6.45) is 0.413. The molecule has 1 unspecified atom stereocenters. The van der Waals surface area contributed by atoms with E-state index in [0.717, 1.165) is 0 Å². The first kappa shape index (κ1) is 14.8. The van der Waals surface area contributed by atoms with E-state index in [0.29, 0.717) is 24.2 Å². The number of aliphatic carboxylic acids is 1. The van der Waals surface area contributed by atoms with Crippen LogP contribution in [-0.4, -0.2) is 40.0 Å². The fourth-order valence-electron chi connectivity index (χ4n) is 2.23. The molecule has 2 rings (SSSR count). The molecule has 0 saturated carbocycles. The van der Waals surface area contributed by atoms with E-state index in [-0.39, 0.29) is 12.2 Å². The second kappa shape index (κ2) is 5.78. The number of rotatable bonds is 3. The van der Waals surface area contributed by atoms with Gasteiger partial charge in [0.05, 0.1) is 10.8 Å². The van der Waals surface area contributed by atoms with Crippen LogP contribution in [0, 0.1) is 23.0 Å². The number of carbonyl (C=O) groups excluding carboxylic acids is 1. The molecule has 2 N–H and O–H groups in total. The summed E-state index contributed by atoms with van der Waals surface area (Å²) in [5, 5.41) is 22.3. The molecule has 0 radical (unpaired) electrons. The molecule has 1 aromatic rings. The van der Waals surface area contributed by atoms with Crippen LogP contribution in [0.25, 0.3) is 0 Å². The van der Waals surface area contributed by atoms with Crippen molar-refractivity contribution in [1.29, 1.82) is 0 Å². The highest BCUT2D eigenvalue weighted by Gasteiger charge is 2.30. The number of likely N-dealkylation sites (tertiary alicyclic amines) is 1. The zero-order chi connectivity index (χ0) is 15.6.